The monoisotopic (exact) mass is 272 g/mol. The van der Waals surface area contributed by atoms with Crippen molar-refractivity contribution >= 4 is 17.5 Å². The summed E-state index contributed by atoms with van der Waals surface area (Å²) < 4.78 is 5.27. The summed E-state index contributed by atoms with van der Waals surface area (Å²) in [6, 6.07) is 6.86. The molecule has 1 aromatic heterocycles. The maximum atomic E-state index is 10.9. The smallest absolute Gasteiger partial charge is 0.312 e. The highest BCUT2D eigenvalue weighted by Crippen LogP contribution is 2.31. The lowest BCUT2D eigenvalue weighted by Gasteiger charge is -2.06. The van der Waals surface area contributed by atoms with Crippen molar-refractivity contribution < 1.29 is 9.66 Å². The number of benzene rings is 1. The van der Waals surface area contributed by atoms with E-state index >= 15 is 0 Å². The molecule has 0 saturated carbocycles. The van der Waals surface area contributed by atoms with Crippen LogP contribution in [-0.2, 0) is 0 Å². The van der Waals surface area contributed by atoms with Crippen molar-refractivity contribution in [3.63, 3.8) is 0 Å². The maximum Gasteiger partial charge on any atom is 0.312 e. The molecule has 1 aromatic carbocycles. The van der Waals surface area contributed by atoms with Crippen LogP contribution in [0.1, 0.15) is 5.56 Å². The van der Waals surface area contributed by atoms with Crippen molar-refractivity contribution in [3.8, 4) is 17.7 Å². The molecule has 20 heavy (non-hydrogen) atoms. The zero-order chi connectivity index (χ0) is 14.7. The van der Waals surface area contributed by atoms with Gasteiger partial charge in [0.1, 0.15) is 5.82 Å². The van der Waals surface area contributed by atoms with E-state index in [9.17, 15) is 10.1 Å². The molecule has 0 saturated heterocycles. The molecule has 1 heterocycles. The molecule has 0 amide bonds. The summed E-state index contributed by atoms with van der Waals surface area (Å²) in [6.07, 6.45) is 0. The SMILES string of the molecule is N#Cc1ccc(Oc2cc(N)nc(N)n2)c([N+](=O)[O-])c1. The van der Waals surface area contributed by atoms with Crippen molar-refractivity contribution in [2.45, 2.75) is 0 Å². The van der Waals surface area contributed by atoms with Crippen LogP contribution in [0.25, 0.3) is 0 Å². The molecule has 0 aliphatic rings. The second kappa shape index (κ2) is 5.07. The van der Waals surface area contributed by atoms with Gasteiger partial charge in [0, 0.05) is 12.1 Å². The molecule has 9 heteroatoms. The number of nitriles is 1. The van der Waals surface area contributed by atoms with Gasteiger partial charge >= 0.3 is 5.69 Å². The van der Waals surface area contributed by atoms with Gasteiger partial charge in [0.15, 0.2) is 0 Å². The second-order valence-electron chi connectivity index (χ2n) is 3.64. The molecular formula is C11H8N6O3. The number of ether oxygens (including phenoxy) is 1. The molecular weight excluding hydrogens is 264 g/mol. The molecule has 0 aliphatic carbocycles. The van der Waals surface area contributed by atoms with E-state index in [2.05, 4.69) is 9.97 Å². The van der Waals surface area contributed by atoms with Crippen LogP contribution >= 0.6 is 0 Å². The lowest BCUT2D eigenvalue weighted by molar-refractivity contribution is -0.385. The van der Waals surface area contributed by atoms with Crippen LogP contribution in [0.15, 0.2) is 24.3 Å². The summed E-state index contributed by atoms with van der Waals surface area (Å²) >= 11 is 0. The third-order valence-corrected chi connectivity index (χ3v) is 2.24. The number of hydrogen-bond acceptors (Lipinski definition) is 8. The van der Waals surface area contributed by atoms with E-state index < -0.39 is 4.92 Å². The van der Waals surface area contributed by atoms with Gasteiger partial charge in [0.05, 0.1) is 16.6 Å². The van der Waals surface area contributed by atoms with Crippen molar-refractivity contribution in [1.29, 1.82) is 5.26 Å². The number of nitrogens with zero attached hydrogens (tertiary/aromatic N) is 4. The van der Waals surface area contributed by atoms with Crippen LogP contribution in [0.4, 0.5) is 17.5 Å². The Morgan fingerprint density at radius 3 is 2.65 bits per heavy atom. The minimum Gasteiger partial charge on any atom is -0.432 e. The van der Waals surface area contributed by atoms with Crippen molar-refractivity contribution in [3.05, 3.63) is 39.9 Å². The van der Waals surface area contributed by atoms with Gasteiger partial charge in [-0.1, -0.05) is 0 Å². The number of nitrogens with two attached hydrogens (primary N) is 2. The fourth-order valence-corrected chi connectivity index (χ4v) is 1.44. The van der Waals surface area contributed by atoms with Crippen LogP contribution in [0.5, 0.6) is 11.6 Å². The Balaban J connectivity index is 2.43. The Hall–Kier alpha value is -3.41. The lowest BCUT2D eigenvalue weighted by Crippen LogP contribution is -2.01. The minimum absolute atomic E-state index is 0.0252. The fraction of sp³-hybridized carbons (Fsp3) is 0. The van der Waals surface area contributed by atoms with E-state index in [1.54, 1.807) is 6.07 Å². The van der Waals surface area contributed by atoms with Crippen molar-refractivity contribution in [1.82, 2.24) is 9.97 Å². The first-order valence-electron chi connectivity index (χ1n) is 5.26. The summed E-state index contributed by atoms with van der Waals surface area (Å²) in [5.74, 6) is -0.144. The first-order chi connectivity index (χ1) is 9.49. The molecule has 0 aliphatic heterocycles. The van der Waals surface area contributed by atoms with Crippen molar-refractivity contribution in [2.24, 2.45) is 0 Å². The number of nitro benzene ring substituents is 1. The minimum atomic E-state index is -0.663. The van der Waals surface area contributed by atoms with Gasteiger partial charge in [0.2, 0.25) is 17.6 Å². The Morgan fingerprint density at radius 1 is 1.30 bits per heavy atom. The first-order valence-corrected chi connectivity index (χ1v) is 5.26. The van der Waals surface area contributed by atoms with Gasteiger partial charge in [-0.05, 0) is 12.1 Å². The van der Waals surface area contributed by atoms with E-state index in [1.165, 1.54) is 18.2 Å². The molecule has 9 nitrogen and oxygen atoms in total. The molecule has 0 fully saturated rings. The highest BCUT2D eigenvalue weighted by molar-refractivity contribution is 5.53. The predicted octanol–water partition coefficient (Wildman–Crippen LogP) is 1.21. The van der Waals surface area contributed by atoms with E-state index in [4.69, 9.17) is 21.5 Å². The van der Waals surface area contributed by atoms with Crippen LogP contribution < -0.4 is 16.2 Å². The normalized spacial score (nSPS) is 9.75. The van der Waals surface area contributed by atoms with Gasteiger partial charge in [0.25, 0.3) is 0 Å². The number of nitrogen functional groups attached to an aromatic ring is 2. The number of anilines is 2. The summed E-state index contributed by atoms with van der Waals surface area (Å²) in [4.78, 5) is 17.7. The average Bonchev–Trinajstić information content (AvgIpc) is 2.37. The Bertz CT molecular complexity index is 704. The predicted molar refractivity (Wildman–Crippen MR) is 68.7 cm³/mol. The van der Waals surface area contributed by atoms with E-state index in [0.29, 0.717) is 0 Å². The standard InChI is InChI=1S/C11H8N6O3/c12-5-6-1-2-8(7(3-6)17(18)19)20-10-4-9(13)15-11(14)16-10/h1-4H,(H4,13,14,15,16). The Kier molecular flexibility index (Phi) is 3.30. The third kappa shape index (κ3) is 2.70. The molecule has 0 radical (unpaired) electrons. The first kappa shape index (κ1) is 13.0. The van der Waals surface area contributed by atoms with E-state index in [-0.39, 0.29) is 34.6 Å². The zero-order valence-electron chi connectivity index (χ0n) is 9.98. The summed E-state index contributed by atoms with van der Waals surface area (Å²) in [5.41, 5.74) is 10.6. The number of hydrogen-bond donors (Lipinski definition) is 2. The van der Waals surface area contributed by atoms with Crippen LogP contribution in [0.2, 0.25) is 0 Å². The molecule has 4 N–H and O–H groups in total. The quantitative estimate of drug-likeness (QED) is 0.624. The van der Waals surface area contributed by atoms with E-state index in [1.807, 2.05) is 0 Å². The zero-order valence-corrected chi connectivity index (χ0v) is 9.98. The van der Waals surface area contributed by atoms with E-state index in [0.717, 1.165) is 6.07 Å². The van der Waals surface area contributed by atoms with Crippen LogP contribution in [-0.4, -0.2) is 14.9 Å². The van der Waals surface area contributed by atoms with Crippen LogP contribution in [0.3, 0.4) is 0 Å². The largest absolute Gasteiger partial charge is 0.432 e. The Morgan fingerprint density at radius 2 is 2.05 bits per heavy atom. The molecule has 100 valence electrons. The van der Waals surface area contributed by atoms with Gasteiger partial charge < -0.3 is 16.2 Å². The average molecular weight is 272 g/mol. The van der Waals surface area contributed by atoms with Crippen molar-refractivity contribution in [2.75, 3.05) is 11.5 Å². The molecule has 0 spiro atoms. The topological polar surface area (TPSA) is 154 Å². The third-order valence-electron chi connectivity index (χ3n) is 2.24. The number of rotatable bonds is 3. The van der Waals surface area contributed by atoms with Gasteiger partial charge in [-0.3, -0.25) is 10.1 Å². The molecule has 0 unspecified atom stereocenters. The summed E-state index contributed by atoms with van der Waals surface area (Å²) in [6.45, 7) is 0. The molecule has 0 bridgehead atoms. The Labute approximate surface area is 112 Å². The number of nitro groups is 1. The van der Waals surface area contributed by atoms with Gasteiger partial charge in [-0.15, -0.1) is 0 Å². The van der Waals surface area contributed by atoms with Crippen LogP contribution in [0, 0.1) is 21.4 Å². The summed E-state index contributed by atoms with van der Waals surface area (Å²) in [7, 11) is 0. The van der Waals surface area contributed by atoms with Gasteiger partial charge in [-0.25, -0.2) is 0 Å². The molecule has 2 rings (SSSR count). The summed E-state index contributed by atoms with van der Waals surface area (Å²) in [5, 5.41) is 19.7. The molecule has 0 atom stereocenters. The highest BCUT2D eigenvalue weighted by atomic mass is 16.6. The lowest BCUT2D eigenvalue weighted by atomic mass is 10.2. The molecule has 2 aromatic rings. The fourth-order valence-electron chi connectivity index (χ4n) is 1.44. The number of aromatic nitrogens is 2. The van der Waals surface area contributed by atoms with Gasteiger partial charge in [-0.2, -0.15) is 15.2 Å². The second-order valence-corrected chi connectivity index (χ2v) is 3.64. The maximum absolute atomic E-state index is 10.9. The highest BCUT2D eigenvalue weighted by Gasteiger charge is 2.17.